The SMILES string of the molecule is O=C(N[C@@H]1CCO[C@@H]1C(=O)N[C@@H](CCO)C(=O)O)OCC1c2ccccc2-c2ccccc21. The lowest BCUT2D eigenvalue weighted by Gasteiger charge is -2.22. The van der Waals surface area contributed by atoms with Crippen molar-refractivity contribution < 1.29 is 34.1 Å². The number of carbonyl (C=O) groups excluding carboxylic acids is 2. The number of carboxylic acid groups (broad SMARTS) is 1. The minimum Gasteiger partial charge on any atom is -0.480 e. The molecule has 0 radical (unpaired) electrons. The highest BCUT2D eigenvalue weighted by atomic mass is 16.6. The van der Waals surface area contributed by atoms with E-state index in [1.807, 2.05) is 36.4 Å². The van der Waals surface area contributed by atoms with Crippen LogP contribution in [-0.4, -0.2) is 66.2 Å². The number of carboxylic acids is 1. The van der Waals surface area contributed by atoms with Crippen LogP contribution in [0.2, 0.25) is 0 Å². The van der Waals surface area contributed by atoms with Crippen LogP contribution < -0.4 is 10.6 Å². The summed E-state index contributed by atoms with van der Waals surface area (Å²) in [5.41, 5.74) is 4.44. The van der Waals surface area contributed by atoms with Gasteiger partial charge in [-0.05, 0) is 28.7 Å². The van der Waals surface area contributed by atoms with Crippen molar-refractivity contribution in [3.63, 3.8) is 0 Å². The summed E-state index contributed by atoms with van der Waals surface area (Å²) >= 11 is 0. The third-order valence-corrected chi connectivity index (χ3v) is 6.03. The summed E-state index contributed by atoms with van der Waals surface area (Å²) in [5.74, 6) is -1.99. The second-order valence-corrected chi connectivity index (χ2v) is 8.07. The van der Waals surface area contributed by atoms with E-state index in [1.165, 1.54) is 0 Å². The molecule has 1 saturated heterocycles. The number of nitrogens with one attached hydrogen (secondary N) is 2. The van der Waals surface area contributed by atoms with Gasteiger partial charge in [0.2, 0.25) is 0 Å². The summed E-state index contributed by atoms with van der Waals surface area (Å²) in [6, 6.07) is 14.1. The predicted octanol–water partition coefficient (Wildman–Crippen LogP) is 1.63. The molecule has 1 heterocycles. The van der Waals surface area contributed by atoms with E-state index in [4.69, 9.17) is 19.7 Å². The number of aliphatic carboxylic acids is 1. The van der Waals surface area contributed by atoms with Gasteiger partial charge in [0.1, 0.15) is 12.6 Å². The van der Waals surface area contributed by atoms with E-state index >= 15 is 0 Å². The lowest BCUT2D eigenvalue weighted by atomic mass is 9.98. The van der Waals surface area contributed by atoms with Crippen molar-refractivity contribution in [3.05, 3.63) is 59.7 Å². The fourth-order valence-electron chi connectivity index (χ4n) is 4.43. The van der Waals surface area contributed by atoms with Crippen molar-refractivity contribution >= 4 is 18.0 Å². The largest absolute Gasteiger partial charge is 0.480 e. The Morgan fingerprint density at radius 2 is 1.70 bits per heavy atom. The molecule has 0 unspecified atom stereocenters. The molecule has 33 heavy (non-hydrogen) atoms. The van der Waals surface area contributed by atoms with Crippen molar-refractivity contribution in [2.24, 2.45) is 0 Å². The van der Waals surface area contributed by atoms with E-state index < -0.39 is 36.2 Å². The molecule has 1 aliphatic heterocycles. The van der Waals surface area contributed by atoms with Crippen LogP contribution in [0.5, 0.6) is 0 Å². The van der Waals surface area contributed by atoms with Gasteiger partial charge in [-0.25, -0.2) is 9.59 Å². The first-order valence-corrected chi connectivity index (χ1v) is 10.9. The quantitative estimate of drug-likeness (QED) is 0.476. The predicted molar refractivity (Wildman–Crippen MR) is 118 cm³/mol. The minimum absolute atomic E-state index is 0.0862. The highest BCUT2D eigenvalue weighted by molar-refractivity contribution is 5.87. The number of fused-ring (bicyclic) bond motifs is 3. The molecule has 2 aliphatic rings. The third kappa shape index (κ3) is 4.84. The molecule has 0 bridgehead atoms. The fourth-order valence-corrected chi connectivity index (χ4v) is 4.43. The summed E-state index contributed by atoms with van der Waals surface area (Å²) in [5, 5.41) is 23.2. The molecule has 1 aliphatic carbocycles. The van der Waals surface area contributed by atoms with E-state index in [0.29, 0.717) is 6.42 Å². The molecule has 2 aromatic rings. The molecule has 9 nitrogen and oxygen atoms in total. The molecule has 2 amide bonds. The van der Waals surface area contributed by atoms with Crippen LogP contribution >= 0.6 is 0 Å². The van der Waals surface area contributed by atoms with E-state index in [-0.39, 0.29) is 32.2 Å². The van der Waals surface area contributed by atoms with Gasteiger partial charge in [-0.2, -0.15) is 0 Å². The highest BCUT2D eigenvalue weighted by Crippen LogP contribution is 2.44. The molecule has 3 atom stereocenters. The number of hydrogen-bond acceptors (Lipinski definition) is 6. The lowest BCUT2D eigenvalue weighted by molar-refractivity contribution is -0.144. The van der Waals surface area contributed by atoms with Gasteiger partial charge < -0.3 is 30.3 Å². The topological polar surface area (TPSA) is 134 Å². The molecule has 4 N–H and O–H groups in total. The maximum atomic E-state index is 12.5. The van der Waals surface area contributed by atoms with Crippen LogP contribution in [0, 0.1) is 0 Å². The van der Waals surface area contributed by atoms with Gasteiger partial charge in [-0.15, -0.1) is 0 Å². The summed E-state index contributed by atoms with van der Waals surface area (Å²) in [6.45, 7) is -0.00374. The van der Waals surface area contributed by atoms with E-state index in [2.05, 4.69) is 22.8 Å². The molecule has 0 saturated carbocycles. The van der Waals surface area contributed by atoms with E-state index in [0.717, 1.165) is 22.3 Å². The maximum absolute atomic E-state index is 12.5. The Morgan fingerprint density at radius 3 is 2.30 bits per heavy atom. The Balaban J connectivity index is 1.36. The van der Waals surface area contributed by atoms with Gasteiger partial charge in [0, 0.05) is 25.6 Å². The normalized spacial score (nSPS) is 19.9. The average Bonchev–Trinajstić information content (AvgIpc) is 3.40. The van der Waals surface area contributed by atoms with Gasteiger partial charge in [0.05, 0.1) is 6.04 Å². The highest BCUT2D eigenvalue weighted by Gasteiger charge is 2.37. The van der Waals surface area contributed by atoms with Crippen LogP contribution in [0.1, 0.15) is 29.9 Å². The molecule has 0 spiro atoms. The van der Waals surface area contributed by atoms with Crippen LogP contribution in [-0.2, 0) is 19.1 Å². The molecule has 4 rings (SSSR count). The number of rotatable bonds is 8. The number of hydrogen-bond donors (Lipinski definition) is 4. The first-order chi connectivity index (χ1) is 16.0. The minimum atomic E-state index is -1.25. The zero-order chi connectivity index (χ0) is 23.4. The Hall–Kier alpha value is -3.43. The van der Waals surface area contributed by atoms with Gasteiger partial charge >= 0.3 is 12.1 Å². The molecular formula is C24H26N2O7. The number of alkyl carbamates (subject to hydrolysis) is 1. The van der Waals surface area contributed by atoms with Crippen LogP contribution in [0.4, 0.5) is 4.79 Å². The van der Waals surface area contributed by atoms with Crippen molar-refractivity contribution in [3.8, 4) is 11.1 Å². The molecule has 1 fully saturated rings. The number of ether oxygens (including phenoxy) is 2. The van der Waals surface area contributed by atoms with Gasteiger partial charge in [-0.3, -0.25) is 4.79 Å². The lowest BCUT2D eigenvalue weighted by Crippen LogP contribution is -2.52. The second-order valence-electron chi connectivity index (χ2n) is 8.07. The monoisotopic (exact) mass is 454 g/mol. The molecule has 174 valence electrons. The Kier molecular flexibility index (Phi) is 6.90. The van der Waals surface area contributed by atoms with Crippen LogP contribution in [0.3, 0.4) is 0 Å². The number of amides is 2. The molecule has 2 aromatic carbocycles. The first kappa shape index (κ1) is 22.8. The smallest absolute Gasteiger partial charge is 0.407 e. The maximum Gasteiger partial charge on any atom is 0.407 e. The van der Waals surface area contributed by atoms with Gasteiger partial charge in [-0.1, -0.05) is 48.5 Å². The summed E-state index contributed by atoms with van der Waals surface area (Å²) in [4.78, 5) is 36.3. The van der Waals surface area contributed by atoms with Crippen LogP contribution in [0.25, 0.3) is 11.1 Å². The number of benzene rings is 2. The average molecular weight is 454 g/mol. The van der Waals surface area contributed by atoms with Crippen molar-refractivity contribution in [2.45, 2.75) is 36.9 Å². The summed E-state index contributed by atoms with van der Waals surface area (Å²) < 4.78 is 10.9. The van der Waals surface area contributed by atoms with E-state index in [9.17, 15) is 14.4 Å². The van der Waals surface area contributed by atoms with Crippen LogP contribution in [0.15, 0.2) is 48.5 Å². The Labute approximate surface area is 190 Å². The summed E-state index contributed by atoms with van der Waals surface area (Å²) in [6.07, 6.45) is -1.44. The zero-order valence-electron chi connectivity index (χ0n) is 17.9. The standard InChI is InChI=1S/C24H26N2O7/c27-11-9-20(23(29)30)25-22(28)21-19(10-12-32-21)26-24(31)33-13-18-16-7-3-1-5-14(16)15-6-2-4-8-17(15)18/h1-8,18-21,27H,9-13H2,(H,25,28)(H,26,31)(H,29,30)/t19-,20+,21+/m1/s1. The fraction of sp³-hybridized carbons (Fsp3) is 0.375. The second kappa shape index (κ2) is 10.0. The Morgan fingerprint density at radius 1 is 1.06 bits per heavy atom. The number of aliphatic hydroxyl groups excluding tert-OH is 1. The van der Waals surface area contributed by atoms with Crippen molar-refractivity contribution in [1.82, 2.24) is 10.6 Å². The number of carbonyl (C=O) groups is 3. The molecule has 0 aromatic heterocycles. The third-order valence-electron chi connectivity index (χ3n) is 6.03. The van der Waals surface area contributed by atoms with Gasteiger partial charge in [0.15, 0.2) is 6.10 Å². The first-order valence-electron chi connectivity index (χ1n) is 10.9. The zero-order valence-corrected chi connectivity index (χ0v) is 17.9. The van der Waals surface area contributed by atoms with Crippen molar-refractivity contribution in [2.75, 3.05) is 19.8 Å². The number of aliphatic hydroxyl groups is 1. The summed E-state index contributed by atoms with van der Waals surface area (Å²) in [7, 11) is 0. The van der Waals surface area contributed by atoms with Crippen molar-refractivity contribution in [1.29, 1.82) is 0 Å². The molecular weight excluding hydrogens is 428 g/mol. The Bertz CT molecular complexity index is 995. The van der Waals surface area contributed by atoms with Gasteiger partial charge in [0.25, 0.3) is 5.91 Å². The molecule has 9 heteroatoms. The van der Waals surface area contributed by atoms with E-state index in [1.54, 1.807) is 0 Å².